The third kappa shape index (κ3) is 5.07. The van der Waals surface area contributed by atoms with Gasteiger partial charge >= 0.3 is 5.97 Å². The Bertz CT molecular complexity index is 424. The summed E-state index contributed by atoms with van der Waals surface area (Å²) >= 11 is 4.51. The van der Waals surface area contributed by atoms with E-state index in [1.807, 2.05) is 24.3 Å². The Morgan fingerprint density at radius 3 is 2.44 bits per heavy atom. The molecule has 1 amide bonds. The maximum Gasteiger partial charge on any atom is 0.303 e. The van der Waals surface area contributed by atoms with Gasteiger partial charge in [0.2, 0.25) is 0 Å². The van der Waals surface area contributed by atoms with Crippen molar-refractivity contribution in [3.05, 3.63) is 28.7 Å². The number of nitrogens with one attached hydrogen (secondary N) is 1. The van der Waals surface area contributed by atoms with Gasteiger partial charge in [0.1, 0.15) is 0 Å². The van der Waals surface area contributed by atoms with Crippen molar-refractivity contribution in [2.45, 2.75) is 23.0 Å². The summed E-state index contributed by atoms with van der Waals surface area (Å²) in [5.41, 5.74) is 1.56. The predicted octanol–water partition coefficient (Wildman–Crippen LogP) is 2.28. The molecule has 0 heterocycles. The van der Waals surface area contributed by atoms with Gasteiger partial charge < -0.3 is 5.11 Å². The molecule has 5 nitrogen and oxygen atoms in total. The molecule has 1 atom stereocenters. The Hall–Kier alpha value is -1.05. The molecular weight excluding hydrogens is 322 g/mol. The Morgan fingerprint density at radius 1 is 1.33 bits per heavy atom. The van der Waals surface area contributed by atoms with E-state index < -0.39 is 17.1 Å². The van der Waals surface area contributed by atoms with Crippen molar-refractivity contribution in [2.24, 2.45) is 0 Å². The summed E-state index contributed by atoms with van der Waals surface area (Å²) in [4.78, 5) is 22.7. The van der Waals surface area contributed by atoms with Crippen LogP contribution in [0.2, 0.25) is 0 Å². The van der Waals surface area contributed by atoms with Crippen LogP contribution in [-0.2, 0) is 9.59 Å². The third-order valence-electron chi connectivity index (χ3n) is 2.11. The highest BCUT2D eigenvalue weighted by atomic mass is 79.9. The van der Waals surface area contributed by atoms with Gasteiger partial charge in [0, 0.05) is 15.8 Å². The van der Waals surface area contributed by atoms with Crippen LogP contribution in [0.5, 0.6) is 0 Å². The number of rotatable bonds is 6. The van der Waals surface area contributed by atoms with Gasteiger partial charge in [0.05, 0.1) is 5.25 Å². The summed E-state index contributed by atoms with van der Waals surface area (Å²) in [5, 5.41) is 16.6. The number of hydrogen-bond donors (Lipinski definition) is 3. The lowest BCUT2D eigenvalue weighted by Gasteiger charge is -2.13. The number of hydrogen-bond acceptors (Lipinski definition) is 4. The number of amides is 1. The predicted molar refractivity (Wildman–Crippen MR) is 70.6 cm³/mol. The fourth-order valence-electron chi connectivity index (χ4n) is 1.25. The molecule has 7 heteroatoms. The molecule has 1 aromatic rings. The highest BCUT2D eigenvalue weighted by Crippen LogP contribution is 2.27. The molecule has 3 N–H and O–H groups in total. The number of halogens is 1. The summed E-state index contributed by atoms with van der Waals surface area (Å²) in [6.45, 7) is 0. The number of aliphatic carboxylic acids is 1. The molecule has 0 radical (unpaired) electrons. The Labute approximate surface area is 117 Å². The monoisotopic (exact) mass is 333 g/mol. The van der Waals surface area contributed by atoms with E-state index in [2.05, 4.69) is 15.9 Å². The van der Waals surface area contributed by atoms with Crippen molar-refractivity contribution >= 4 is 39.6 Å². The highest BCUT2D eigenvalue weighted by molar-refractivity contribution is 9.10. The number of thioether (sulfide) groups is 1. The first-order chi connectivity index (χ1) is 8.52. The lowest BCUT2D eigenvalue weighted by atomic mass is 10.2. The lowest BCUT2D eigenvalue weighted by Crippen LogP contribution is -2.30. The van der Waals surface area contributed by atoms with Crippen LogP contribution in [0, 0.1) is 0 Å². The third-order valence-corrected chi connectivity index (χ3v) is 3.92. The second-order valence-corrected chi connectivity index (χ2v) is 5.66. The van der Waals surface area contributed by atoms with E-state index >= 15 is 0 Å². The second-order valence-electron chi connectivity index (χ2n) is 3.47. The molecule has 0 aliphatic heterocycles. The summed E-state index contributed by atoms with van der Waals surface area (Å²) < 4.78 is 0.917. The molecule has 18 heavy (non-hydrogen) atoms. The first-order valence-corrected chi connectivity index (χ1v) is 6.78. The average Bonchev–Trinajstić information content (AvgIpc) is 2.35. The zero-order valence-electron chi connectivity index (χ0n) is 9.30. The van der Waals surface area contributed by atoms with Crippen molar-refractivity contribution in [1.29, 1.82) is 0 Å². The van der Waals surface area contributed by atoms with Gasteiger partial charge in [-0.15, -0.1) is 11.8 Å². The lowest BCUT2D eigenvalue weighted by molar-refractivity contribution is -0.137. The molecule has 1 rings (SSSR count). The van der Waals surface area contributed by atoms with Crippen LogP contribution in [-0.4, -0.2) is 27.4 Å². The summed E-state index contributed by atoms with van der Waals surface area (Å²) in [6, 6.07) is 7.28. The van der Waals surface area contributed by atoms with Gasteiger partial charge in [0.15, 0.2) is 0 Å². The van der Waals surface area contributed by atoms with Crippen LogP contribution in [0.15, 0.2) is 33.6 Å². The Kier molecular flexibility index (Phi) is 6.17. The van der Waals surface area contributed by atoms with Gasteiger partial charge in [-0.25, -0.2) is 5.48 Å². The zero-order valence-corrected chi connectivity index (χ0v) is 11.7. The second kappa shape index (κ2) is 7.40. The molecule has 98 valence electrons. The number of carboxylic acid groups (broad SMARTS) is 1. The summed E-state index contributed by atoms with van der Waals surface area (Å²) in [5.74, 6) is -1.56. The molecule has 0 saturated carbocycles. The van der Waals surface area contributed by atoms with Crippen LogP contribution >= 0.6 is 27.7 Å². The van der Waals surface area contributed by atoms with Crippen LogP contribution in [0.3, 0.4) is 0 Å². The Morgan fingerprint density at radius 2 is 1.94 bits per heavy atom. The molecule has 0 bridgehead atoms. The molecule has 0 spiro atoms. The smallest absolute Gasteiger partial charge is 0.303 e. The quantitative estimate of drug-likeness (QED) is 0.422. The first-order valence-electron chi connectivity index (χ1n) is 5.11. The normalized spacial score (nSPS) is 11.9. The standard InChI is InChI=1S/C11H12BrNO4S/c12-7-1-3-8(4-2-7)18-9(11(16)13-17)5-6-10(14)15/h1-4,9,17H,5-6H2,(H,13,16)(H,14,15). The zero-order chi connectivity index (χ0) is 13.5. The van der Waals surface area contributed by atoms with E-state index in [1.165, 1.54) is 11.8 Å². The van der Waals surface area contributed by atoms with E-state index in [-0.39, 0.29) is 12.8 Å². The largest absolute Gasteiger partial charge is 0.481 e. The minimum Gasteiger partial charge on any atom is -0.481 e. The fraction of sp³-hybridized carbons (Fsp3) is 0.273. The minimum atomic E-state index is -0.970. The van der Waals surface area contributed by atoms with E-state index in [9.17, 15) is 9.59 Å². The summed E-state index contributed by atoms with van der Waals surface area (Å²) in [6.07, 6.45) is 0.0318. The molecule has 0 saturated heterocycles. The number of benzene rings is 1. The van der Waals surface area contributed by atoms with Crippen molar-refractivity contribution in [3.63, 3.8) is 0 Å². The van der Waals surface area contributed by atoms with Crippen LogP contribution in [0.1, 0.15) is 12.8 Å². The van der Waals surface area contributed by atoms with E-state index in [0.717, 1.165) is 9.37 Å². The minimum absolute atomic E-state index is 0.123. The van der Waals surface area contributed by atoms with Gasteiger partial charge in [-0.05, 0) is 30.7 Å². The van der Waals surface area contributed by atoms with Crippen molar-refractivity contribution < 1.29 is 19.9 Å². The van der Waals surface area contributed by atoms with E-state index in [0.29, 0.717) is 0 Å². The molecule has 1 aromatic carbocycles. The molecule has 0 aromatic heterocycles. The van der Waals surface area contributed by atoms with Crippen molar-refractivity contribution in [1.82, 2.24) is 5.48 Å². The molecule has 0 aliphatic carbocycles. The molecule has 1 unspecified atom stereocenters. The SMILES string of the molecule is O=C(O)CCC(Sc1ccc(Br)cc1)C(=O)NO. The highest BCUT2D eigenvalue weighted by Gasteiger charge is 2.20. The van der Waals surface area contributed by atoms with Gasteiger partial charge in [-0.3, -0.25) is 14.8 Å². The van der Waals surface area contributed by atoms with Crippen molar-refractivity contribution in [2.75, 3.05) is 0 Å². The molecular formula is C11H12BrNO4S. The van der Waals surface area contributed by atoms with Crippen LogP contribution in [0.25, 0.3) is 0 Å². The maximum atomic E-state index is 11.4. The van der Waals surface area contributed by atoms with Gasteiger partial charge in [-0.1, -0.05) is 15.9 Å². The van der Waals surface area contributed by atoms with E-state index in [1.54, 1.807) is 5.48 Å². The molecule has 0 aliphatic rings. The Balaban J connectivity index is 2.68. The van der Waals surface area contributed by atoms with Gasteiger partial charge in [-0.2, -0.15) is 0 Å². The number of carboxylic acids is 1. The van der Waals surface area contributed by atoms with Crippen molar-refractivity contribution in [3.8, 4) is 0 Å². The number of carbonyl (C=O) groups excluding carboxylic acids is 1. The fourth-order valence-corrected chi connectivity index (χ4v) is 2.53. The first kappa shape index (κ1) is 15.0. The number of carbonyl (C=O) groups is 2. The van der Waals surface area contributed by atoms with Gasteiger partial charge in [0.25, 0.3) is 5.91 Å². The summed E-state index contributed by atoms with van der Waals surface area (Å²) in [7, 11) is 0. The number of hydroxylamine groups is 1. The van der Waals surface area contributed by atoms with Crippen LogP contribution in [0.4, 0.5) is 0 Å². The molecule has 0 fully saturated rings. The van der Waals surface area contributed by atoms with E-state index in [4.69, 9.17) is 10.3 Å². The average molecular weight is 334 g/mol. The maximum absolute atomic E-state index is 11.4. The topological polar surface area (TPSA) is 86.6 Å². The van der Waals surface area contributed by atoms with Crippen LogP contribution < -0.4 is 5.48 Å².